The van der Waals surface area contributed by atoms with Crippen LogP contribution in [0.3, 0.4) is 0 Å². The summed E-state index contributed by atoms with van der Waals surface area (Å²) < 4.78 is 0. The van der Waals surface area contributed by atoms with Crippen LogP contribution in [0, 0.1) is 6.92 Å². The normalized spacial score (nSPS) is 11.4. The Bertz CT molecular complexity index is 909. The predicted octanol–water partition coefficient (Wildman–Crippen LogP) is 4.82. The molecule has 3 nitrogen and oxygen atoms in total. The highest BCUT2D eigenvalue weighted by atomic mass is 35.5. The van der Waals surface area contributed by atoms with E-state index < -0.39 is 5.97 Å². The third-order valence-corrected chi connectivity index (χ3v) is 4.15. The number of rotatable bonds is 4. The molecule has 0 spiro atoms. The van der Waals surface area contributed by atoms with Crippen molar-refractivity contribution in [1.82, 2.24) is 4.98 Å². The number of halogens is 1. The SMILES string of the molecule is Cc1ccc(Cc2[nH]c(/C=C\C(=O)O)c3ccccc23)c(Cl)c1. The lowest BCUT2D eigenvalue weighted by molar-refractivity contribution is -0.131. The van der Waals surface area contributed by atoms with Crippen molar-refractivity contribution in [2.45, 2.75) is 13.3 Å². The van der Waals surface area contributed by atoms with Gasteiger partial charge in [0.2, 0.25) is 0 Å². The van der Waals surface area contributed by atoms with Crippen molar-refractivity contribution in [2.75, 3.05) is 0 Å². The zero-order chi connectivity index (χ0) is 16.4. The van der Waals surface area contributed by atoms with Gasteiger partial charge >= 0.3 is 5.97 Å². The predicted molar refractivity (Wildman–Crippen MR) is 94.0 cm³/mol. The van der Waals surface area contributed by atoms with Crippen LogP contribution in [0.2, 0.25) is 5.02 Å². The van der Waals surface area contributed by atoms with Crippen LogP contribution in [-0.2, 0) is 11.2 Å². The summed E-state index contributed by atoms with van der Waals surface area (Å²) in [5.74, 6) is -0.966. The summed E-state index contributed by atoms with van der Waals surface area (Å²) in [5, 5.41) is 11.7. The van der Waals surface area contributed by atoms with Crippen molar-refractivity contribution in [3.63, 3.8) is 0 Å². The standard InChI is InChI=1S/C19H16ClNO2/c1-12-6-7-13(16(20)10-12)11-18-15-5-3-2-4-14(15)17(21-18)8-9-19(22)23/h2-10,21H,11H2,1H3,(H,22,23)/b9-8-. The molecule has 3 aromatic rings. The molecule has 0 bridgehead atoms. The second-order valence-corrected chi connectivity index (χ2v) is 5.91. The molecule has 0 aliphatic carbocycles. The molecule has 2 N–H and O–H groups in total. The molecule has 4 heteroatoms. The number of aromatic amines is 1. The molecule has 0 atom stereocenters. The number of nitrogens with one attached hydrogen (secondary N) is 1. The van der Waals surface area contributed by atoms with Crippen LogP contribution in [0.4, 0.5) is 0 Å². The largest absolute Gasteiger partial charge is 0.478 e. The molecule has 0 saturated carbocycles. The second-order valence-electron chi connectivity index (χ2n) is 5.51. The Morgan fingerprint density at radius 3 is 2.65 bits per heavy atom. The van der Waals surface area contributed by atoms with Gasteiger partial charge in [-0.25, -0.2) is 4.79 Å². The highest BCUT2D eigenvalue weighted by molar-refractivity contribution is 6.31. The van der Waals surface area contributed by atoms with Crippen molar-refractivity contribution in [2.24, 2.45) is 0 Å². The van der Waals surface area contributed by atoms with E-state index >= 15 is 0 Å². The molecule has 0 aliphatic heterocycles. The van der Waals surface area contributed by atoms with Gasteiger partial charge in [-0.3, -0.25) is 0 Å². The average molecular weight is 326 g/mol. The fourth-order valence-electron chi connectivity index (χ4n) is 2.69. The van der Waals surface area contributed by atoms with Gasteiger partial charge < -0.3 is 10.1 Å². The summed E-state index contributed by atoms with van der Waals surface area (Å²) >= 11 is 6.33. The van der Waals surface area contributed by atoms with Gasteiger partial charge in [-0.15, -0.1) is 0 Å². The Morgan fingerprint density at radius 1 is 1.22 bits per heavy atom. The summed E-state index contributed by atoms with van der Waals surface area (Å²) in [6.07, 6.45) is 3.40. The number of H-pyrrole nitrogens is 1. The summed E-state index contributed by atoms with van der Waals surface area (Å²) in [7, 11) is 0. The van der Waals surface area contributed by atoms with Crippen molar-refractivity contribution in [3.05, 3.63) is 76.1 Å². The van der Waals surface area contributed by atoms with Gasteiger partial charge in [-0.2, -0.15) is 0 Å². The Balaban J connectivity index is 2.05. The topological polar surface area (TPSA) is 53.1 Å². The number of aromatic nitrogens is 1. The number of carboxylic acids is 1. The molecule has 0 saturated heterocycles. The molecule has 0 aliphatic rings. The lowest BCUT2D eigenvalue weighted by Crippen LogP contribution is -1.91. The van der Waals surface area contributed by atoms with Gasteiger partial charge in [0.15, 0.2) is 0 Å². The molecule has 1 aromatic heterocycles. The Hall–Kier alpha value is -2.52. The van der Waals surface area contributed by atoms with Gasteiger partial charge in [0.1, 0.15) is 0 Å². The number of hydrogen-bond donors (Lipinski definition) is 2. The first kappa shape index (κ1) is 15.4. The first-order valence-corrected chi connectivity index (χ1v) is 7.68. The maximum Gasteiger partial charge on any atom is 0.328 e. The zero-order valence-electron chi connectivity index (χ0n) is 12.6. The first-order valence-electron chi connectivity index (χ1n) is 7.30. The molecule has 0 unspecified atom stereocenters. The van der Waals surface area contributed by atoms with Crippen LogP contribution in [-0.4, -0.2) is 16.1 Å². The highest BCUT2D eigenvalue weighted by Gasteiger charge is 2.10. The summed E-state index contributed by atoms with van der Waals surface area (Å²) in [6.45, 7) is 2.01. The van der Waals surface area contributed by atoms with E-state index in [1.54, 1.807) is 6.08 Å². The van der Waals surface area contributed by atoms with Gasteiger partial charge in [-0.1, -0.05) is 48.0 Å². The third kappa shape index (κ3) is 3.30. The van der Waals surface area contributed by atoms with Crippen molar-refractivity contribution < 1.29 is 9.90 Å². The maximum atomic E-state index is 10.8. The minimum absolute atomic E-state index is 0.667. The number of benzene rings is 2. The Kier molecular flexibility index (Phi) is 4.22. The minimum Gasteiger partial charge on any atom is -0.478 e. The van der Waals surface area contributed by atoms with Crippen LogP contribution in [0.1, 0.15) is 22.5 Å². The lowest BCUT2D eigenvalue weighted by atomic mass is 10.0. The highest BCUT2D eigenvalue weighted by Crippen LogP contribution is 2.28. The van der Waals surface area contributed by atoms with E-state index in [9.17, 15) is 4.79 Å². The first-order chi connectivity index (χ1) is 11.0. The van der Waals surface area contributed by atoms with Gasteiger partial charge in [0.25, 0.3) is 0 Å². The molecule has 0 radical (unpaired) electrons. The molecule has 3 rings (SSSR count). The number of carbonyl (C=O) groups is 1. The number of fused-ring (bicyclic) bond motifs is 1. The second kappa shape index (κ2) is 6.31. The minimum atomic E-state index is -0.966. The van der Waals surface area contributed by atoms with Crippen LogP contribution in [0.15, 0.2) is 48.5 Å². The zero-order valence-corrected chi connectivity index (χ0v) is 13.4. The van der Waals surface area contributed by atoms with Crippen LogP contribution in [0.25, 0.3) is 16.8 Å². The van der Waals surface area contributed by atoms with Crippen LogP contribution < -0.4 is 0 Å². The molecular formula is C19H16ClNO2. The molecule has 0 fully saturated rings. The van der Waals surface area contributed by atoms with E-state index in [4.69, 9.17) is 16.7 Å². The molecule has 23 heavy (non-hydrogen) atoms. The van der Waals surface area contributed by atoms with E-state index in [1.807, 2.05) is 49.4 Å². The van der Waals surface area contributed by atoms with E-state index in [0.717, 1.165) is 44.4 Å². The van der Waals surface area contributed by atoms with Gasteiger partial charge in [0.05, 0.1) is 0 Å². The van der Waals surface area contributed by atoms with Crippen LogP contribution in [0.5, 0.6) is 0 Å². The monoisotopic (exact) mass is 325 g/mol. The number of aryl methyl sites for hydroxylation is 1. The van der Waals surface area contributed by atoms with E-state index in [-0.39, 0.29) is 0 Å². The molecular weight excluding hydrogens is 310 g/mol. The Labute approximate surface area is 139 Å². The number of aliphatic carboxylic acids is 1. The molecule has 0 amide bonds. The van der Waals surface area contributed by atoms with E-state index in [2.05, 4.69) is 4.98 Å². The van der Waals surface area contributed by atoms with Crippen molar-refractivity contribution in [1.29, 1.82) is 0 Å². The number of carboxylic acid groups (broad SMARTS) is 1. The van der Waals surface area contributed by atoms with Crippen molar-refractivity contribution >= 4 is 34.4 Å². The molecule has 116 valence electrons. The maximum absolute atomic E-state index is 10.8. The van der Waals surface area contributed by atoms with Crippen LogP contribution >= 0.6 is 11.6 Å². The fraction of sp³-hybridized carbons (Fsp3) is 0.105. The fourth-order valence-corrected chi connectivity index (χ4v) is 2.99. The third-order valence-electron chi connectivity index (χ3n) is 3.80. The summed E-state index contributed by atoms with van der Waals surface area (Å²) in [4.78, 5) is 14.1. The average Bonchev–Trinajstić information content (AvgIpc) is 2.86. The number of hydrogen-bond acceptors (Lipinski definition) is 1. The van der Waals surface area contributed by atoms with Gasteiger partial charge in [0, 0.05) is 39.7 Å². The quantitative estimate of drug-likeness (QED) is 0.676. The molecule has 1 heterocycles. The molecule has 2 aromatic carbocycles. The van der Waals surface area contributed by atoms with Gasteiger partial charge in [-0.05, 0) is 30.2 Å². The van der Waals surface area contributed by atoms with Crippen molar-refractivity contribution in [3.8, 4) is 0 Å². The van der Waals surface area contributed by atoms with E-state index in [0.29, 0.717) is 6.42 Å². The van der Waals surface area contributed by atoms with E-state index in [1.165, 1.54) is 0 Å². The smallest absolute Gasteiger partial charge is 0.328 e. The summed E-state index contributed by atoms with van der Waals surface area (Å²) in [5.41, 5.74) is 3.98. The summed E-state index contributed by atoms with van der Waals surface area (Å²) in [6, 6.07) is 13.9. The lowest BCUT2D eigenvalue weighted by Gasteiger charge is -2.05. The Morgan fingerprint density at radius 2 is 1.96 bits per heavy atom.